The van der Waals surface area contributed by atoms with E-state index in [4.69, 9.17) is 0 Å². The number of nitrogens with zero attached hydrogens (tertiary/aromatic N) is 1. The number of nitrogens with one attached hydrogen (secondary N) is 2. The van der Waals surface area contributed by atoms with Crippen molar-refractivity contribution in [2.45, 2.75) is 12.8 Å². The zero-order valence-corrected chi connectivity index (χ0v) is 13.2. The molecule has 0 unspecified atom stereocenters. The summed E-state index contributed by atoms with van der Waals surface area (Å²) in [5.74, 6) is -0.282. The maximum Gasteiger partial charge on any atom is 0.338 e. The number of amides is 1. The Balaban J connectivity index is 1.60. The number of pyridine rings is 1. The number of aryl methyl sites for hydroxylation is 1. The minimum Gasteiger partial charge on any atom is -0.465 e. The van der Waals surface area contributed by atoms with Crippen LogP contribution in [0.3, 0.4) is 0 Å². The van der Waals surface area contributed by atoms with Crippen LogP contribution in [0.4, 0.5) is 5.82 Å². The van der Waals surface area contributed by atoms with E-state index in [1.165, 1.54) is 25.4 Å². The lowest BCUT2D eigenvalue weighted by Crippen LogP contribution is -2.14. The average molecular weight is 323 g/mol. The molecule has 3 aromatic rings. The van der Waals surface area contributed by atoms with Crippen molar-refractivity contribution in [2.75, 3.05) is 12.4 Å². The summed E-state index contributed by atoms with van der Waals surface area (Å²) in [6, 6.07) is 11.1. The number of aromatic nitrogens is 2. The highest BCUT2D eigenvalue weighted by Gasteiger charge is 2.09. The minimum absolute atomic E-state index is 0.154. The van der Waals surface area contributed by atoms with Crippen LogP contribution in [0.15, 0.2) is 48.8 Å². The lowest BCUT2D eigenvalue weighted by atomic mass is 10.1. The summed E-state index contributed by atoms with van der Waals surface area (Å²) in [7, 11) is 1.31. The number of fused-ring (bicyclic) bond motifs is 1. The maximum absolute atomic E-state index is 12.1. The first-order valence-corrected chi connectivity index (χ1v) is 7.56. The molecule has 2 aromatic heterocycles. The lowest BCUT2D eigenvalue weighted by Gasteiger charge is -2.06. The number of methoxy groups -OCH3 is 1. The molecule has 0 bridgehead atoms. The molecule has 1 aromatic carbocycles. The molecule has 0 fully saturated rings. The highest BCUT2D eigenvalue weighted by atomic mass is 16.5. The fourth-order valence-electron chi connectivity index (χ4n) is 2.47. The molecule has 2 heterocycles. The lowest BCUT2D eigenvalue weighted by molar-refractivity contribution is -0.116. The molecule has 0 aliphatic carbocycles. The van der Waals surface area contributed by atoms with Gasteiger partial charge in [-0.2, -0.15) is 0 Å². The number of esters is 1. The Kier molecular flexibility index (Phi) is 4.56. The first-order chi connectivity index (χ1) is 11.7. The standard InChI is InChI=1S/C18H17N3O3/c1-24-18(23)14-7-9-20-16(11-14)21-17(22)5-3-12-2-4-15-13(10-12)6-8-19-15/h2,4,6-11,19H,3,5H2,1H3,(H,20,21,22). The van der Waals surface area contributed by atoms with Gasteiger partial charge in [-0.05, 0) is 47.7 Å². The molecule has 2 N–H and O–H groups in total. The molecular weight excluding hydrogens is 306 g/mol. The van der Waals surface area contributed by atoms with Crippen molar-refractivity contribution < 1.29 is 14.3 Å². The van der Waals surface area contributed by atoms with Gasteiger partial charge in [0.25, 0.3) is 0 Å². The topological polar surface area (TPSA) is 84.1 Å². The number of aromatic amines is 1. The average Bonchev–Trinajstić information content (AvgIpc) is 3.07. The van der Waals surface area contributed by atoms with Crippen LogP contribution in [-0.2, 0) is 16.0 Å². The Bertz CT molecular complexity index is 886. The summed E-state index contributed by atoms with van der Waals surface area (Å²) >= 11 is 0. The highest BCUT2D eigenvalue weighted by molar-refractivity contribution is 5.93. The van der Waals surface area contributed by atoms with Gasteiger partial charge in [-0.15, -0.1) is 0 Å². The molecule has 3 rings (SSSR count). The van der Waals surface area contributed by atoms with Gasteiger partial charge in [-0.3, -0.25) is 4.79 Å². The molecule has 0 aliphatic heterocycles. The van der Waals surface area contributed by atoms with E-state index < -0.39 is 5.97 Å². The second-order valence-corrected chi connectivity index (χ2v) is 5.37. The van der Waals surface area contributed by atoms with Gasteiger partial charge in [0.1, 0.15) is 5.82 Å². The van der Waals surface area contributed by atoms with Crippen molar-refractivity contribution in [3.8, 4) is 0 Å². The largest absolute Gasteiger partial charge is 0.465 e. The van der Waals surface area contributed by atoms with Gasteiger partial charge >= 0.3 is 5.97 Å². The van der Waals surface area contributed by atoms with E-state index in [-0.39, 0.29) is 5.91 Å². The number of carbonyl (C=O) groups excluding carboxylic acids is 2. The number of hydrogen-bond donors (Lipinski definition) is 2. The fraction of sp³-hybridized carbons (Fsp3) is 0.167. The number of hydrogen-bond acceptors (Lipinski definition) is 4. The van der Waals surface area contributed by atoms with Gasteiger partial charge in [0, 0.05) is 24.3 Å². The Hall–Kier alpha value is -3.15. The van der Waals surface area contributed by atoms with Crippen molar-refractivity contribution in [3.63, 3.8) is 0 Å². The minimum atomic E-state index is -0.465. The Morgan fingerprint density at radius 2 is 2.08 bits per heavy atom. The SMILES string of the molecule is COC(=O)c1ccnc(NC(=O)CCc2ccc3[nH]ccc3c2)c1. The Morgan fingerprint density at radius 1 is 1.21 bits per heavy atom. The van der Waals surface area contributed by atoms with Crippen LogP contribution in [0.5, 0.6) is 0 Å². The van der Waals surface area contributed by atoms with Gasteiger partial charge in [-0.25, -0.2) is 9.78 Å². The second kappa shape index (κ2) is 6.95. The van der Waals surface area contributed by atoms with Crippen molar-refractivity contribution in [1.82, 2.24) is 9.97 Å². The van der Waals surface area contributed by atoms with E-state index in [2.05, 4.69) is 26.1 Å². The molecule has 0 spiro atoms. The highest BCUT2D eigenvalue weighted by Crippen LogP contribution is 2.16. The molecule has 0 radical (unpaired) electrons. The smallest absolute Gasteiger partial charge is 0.338 e. The van der Waals surface area contributed by atoms with Crippen LogP contribution in [0.1, 0.15) is 22.3 Å². The Labute approximate surface area is 138 Å². The summed E-state index contributed by atoms with van der Waals surface area (Å²) in [5, 5.41) is 3.83. The van der Waals surface area contributed by atoms with Crippen molar-refractivity contribution in [1.29, 1.82) is 0 Å². The molecule has 6 heteroatoms. The van der Waals surface area contributed by atoms with E-state index >= 15 is 0 Å². The number of H-pyrrole nitrogens is 1. The third kappa shape index (κ3) is 3.60. The fourth-order valence-corrected chi connectivity index (χ4v) is 2.47. The van der Waals surface area contributed by atoms with Crippen LogP contribution in [0.2, 0.25) is 0 Å². The predicted molar refractivity (Wildman–Crippen MR) is 90.8 cm³/mol. The van der Waals surface area contributed by atoms with Crippen LogP contribution in [0.25, 0.3) is 10.9 Å². The zero-order chi connectivity index (χ0) is 16.9. The predicted octanol–water partition coefficient (Wildman–Crippen LogP) is 2.92. The molecule has 6 nitrogen and oxygen atoms in total. The van der Waals surface area contributed by atoms with Crippen LogP contribution in [0, 0.1) is 0 Å². The van der Waals surface area contributed by atoms with E-state index in [0.717, 1.165) is 16.5 Å². The summed E-state index contributed by atoms with van der Waals surface area (Å²) in [4.78, 5) is 30.7. The van der Waals surface area contributed by atoms with E-state index in [9.17, 15) is 9.59 Å². The Morgan fingerprint density at radius 3 is 2.92 bits per heavy atom. The molecule has 0 aliphatic rings. The van der Waals surface area contributed by atoms with Gasteiger partial charge in [0.2, 0.25) is 5.91 Å². The number of carbonyl (C=O) groups is 2. The summed E-state index contributed by atoms with van der Waals surface area (Å²) in [6.45, 7) is 0. The van der Waals surface area contributed by atoms with Crippen LogP contribution >= 0.6 is 0 Å². The molecule has 0 saturated carbocycles. The zero-order valence-electron chi connectivity index (χ0n) is 13.2. The van der Waals surface area contributed by atoms with Crippen molar-refractivity contribution in [3.05, 3.63) is 59.9 Å². The van der Waals surface area contributed by atoms with Gasteiger partial charge in [0.05, 0.1) is 12.7 Å². The first-order valence-electron chi connectivity index (χ1n) is 7.56. The summed E-state index contributed by atoms with van der Waals surface area (Å²) in [6.07, 6.45) is 4.31. The van der Waals surface area contributed by atoms with Gasteiger partial charge in [-0.1, -0.05) is 6.07 Å². The molecular formula is C18H17N3O3. The van der Waals surface area contributed by atoms with E-state index in [0.29, 0.717) is 24.2 Å². The molecule has 0 saturated heterocycles. The summed E-state index contributed by atoms with van der Waals surface area (Å²) < 4.78 is 4.65. The molecule has 24 heavy (non-hydrogen) atoms. The van der Waals surface area contributed by atoms with Crippen LogP contribution < -0.4 is 5.32 Å². The van der Waals surface area contributed by atoms with Gasteiger partial charge < -0.3 is 15.0 Å². The maximum atomic E-state index is 12.1. The number of benzene rings is 1. The third-order valence-corrected chi connectivity index (χ3v) is 3.71. The second-order valence-electron chi connectivity index (χ2n) is 5.37. The molecule has 1 amide bonds. The summed E-state index contributed by atoms with van der Waals surface area (Å²) in [5.41, 5.74) is 2.52. The van der Waals surface area contributed by atoms with Crippen LogP contribution in [-0.4, -0.2) is 29.0 Å². The van der Waals surface area contributed by atoms with E-state index in [1.807, 2.05) is 24.4 Å². The molecule has 0 atom stereocenters. The van der Waals surface area contributed by atoms with Crippen molar-refractivity contribution in [2.24, 2.45) is 0 Å². The quantitative estimate of drug-likeness (QED) is 0.707. The third-order valence-electron chi connectivity index (χ3n) is 3.71. The van der Waals surface area contributed by atoms with Gasteiger partial charge in [0.15, 0.2) is 0 Å². The normalized spacial score (nSPS) is 10.5. The first kappa shape index (κ1) is 15.7. The number of rotatable bonds is 5. The van der Waals surface area contributed by atoms with E-state index in [1.54, 1.807) is 0 Å². The van der Waals surface area contributed by atoms with Crippen molar-refractivity contribution >= 4 is 28.6 Å². The number of anilines is 1. The monoisotopic (exact) mass is 323 g/mol. The molecule has 122 valence electrons. The number of ether oxygens (including phenoxy) is 1.